The van der Waals surface area contributed by atoms with Crippen LogP contribution in [0, 0.1) is 0 Å². The fourth-order valence-electron chi connectivity index (χ4n) is 9.79. The van der Waals surface area contributed by atoms with Crippen LogP contribution >= 0.6 is 0 Å². The van der Waals surface area contributed by atoms with E-state index in [4.69, 9.17) is 14.2 Å². The van der Waals surface area contributed by atoms with E-state index in [2.05, 4.69) is 45.1 Å². The zero-order chi connectivity index (χ0) is 52.2. The molecule has 0 aliphatic heterocycles. The van der Waals surface area contributed by atoms with E-state index in [0.29, 0.717) is 19.3 Å². The van der Waals surface area contributed by atoms with Crippen LogP contribution < -0.4 is 0 Å². The first kappa shape index (κ1) is 69.9. The van der Waals surface area contributed by atoms with Gasteiger partial charge in [0.2, 0.25) is 0 Å². The lowest BCUT2D eigenvalue weighted by Crippen LogP contribution is -2.30. The van der Waals surface area contributed by atoms with Crippen LogP contribution in [0.15, 0.2) is 24.3 Å². The van der Waals surface area contributed by atoms with Crippen molar-refractivity contribution in [1.29, 1.82) is 0 Å². The van der Waals surface area contributed by atoms with Crippen molar-refractivity contribution in [3.8, 4) is 0 Å². The molecule has 0 fully saturated rings. The number of carbonyl (C=O) groups is 3. The lowest BCUT2D eigenvalue weighted by molar-refractivity contribution is -0.167. The number of allylic oxidation sites excluding steroid dienone is 4. The van der Waals surface area contributed by atoms with Crippen LogP contribution in [0.1, 0.15) is 361 Å². The second-order valence-corrected chi connectivity index (χ2v) is 22.0. The first-order chi connectivity index (χ1) is 35.5. The van der Waals surface area contributed by atoms with Crippen molar-refractivity contribution >= 4 is 17.9 Å². The third kappa shape index (κ3) is 58.8. The molecule has 0 aromatic heterocycles. The van der Waals surface area contributed by atoms with Gasteiger partial charge in [0.1, 0.15) is 13.2 Å². The maximum Gasteiger partial charge on any atom is 0.306 e. The normalized spacial score (nSPS) is 12.1. The maximum atomic E-state index is 12.9. The van der Waals surface area contributed by atoms with Crippen LogP contribution in [-0.4, -0.2) is 37.2 Å². The van der Waals surface area contributed by atoms with Crippen molar-refractivity contribution in [2.75, 3.05) is 13.2 Å². The summed E-state index contributed by atoms with van der Waals surface area (Å²) < 4.78 is 17.0. The molecule has 424 valence electrons. The highest BCUT2D eigenvalue weighted by molar-refractivity contribution is 5.71. The minimum atomic E-state index is -0.770. The summed E-state index contributed by atoms with van der Waals surface area (Å²) in [6, 6.07) is 0. The number of carbonyl (C=O) groups excluding carboxylic acids is 3. The monoisotopic (exact) mass is 1010 g/mol. The zero-order valence-corrected chi connectivity index (χ0v) is 48.7. The van der Waals surface area contributed by atoms with Gasteiger partial charge in [-0.3, -0.25) is 14.4 Å². The smallest absolute Gasteiger partial charge is 0.306 e. The van der Waals surface area contributed by atoms with Gasteiger partial charge in [0.25, 0.3) is 0 Å². The Morgan fingerprint density at radius 1 is 0.264 bits per heavy atom. The number of rotatable bonds is 60. The molecule has 0 spiro atoms. The van der Waals surface area contributed by atoms with Gasteiger partial charge in [0.05, 0.1) is 0 Å². The second-order valence-electron chi connectivity index (χ2n) is 22.0. The lowest BCUT2D eigenvalue weighted by Gasteiger charge is -2.18. The van der Waals surface area contributed by atoms with E-state index in [-0.39, 0.29) is 31.1 Å². The summed E-state index contributed by atoms with van der Waals surface area (Å²) in [4.78, 5) is 38.3. The van der Waals surface area contributed by atoms with Gasteiger partial charge in [-0.25, -0.2) is 0 Å². The average Bonchev–Trinajstić information content (AvgIpc) is 3.38. The summed E-state index contributed by atoms with van der Waals surface area (Å²) >= 11 is 0. The maximum absolute atomic E-state index is 12.9. The lowest BCUT2D eigenvalue weighted by atomic mass is 10.0. The highest BCUT2D eigenvalue weighted by Crippen LogP contribution is 2.17. The molecule has 0 saturated carbocycles. The first-order valence-electron chi connectivity index (χ1n) is 32.3. The summed E-state index contributed by atoms with van der Waals surface area (Å²) in [6.07, 6.45) is 73.2. The van der Waals surface area contributed by atoms with Crippen molar-refractivity contribution in [3.63, 3.8) is 0 Å². The molecule has 0 radical (unpaired) electrons. The predicted octanol–water partition coefficient (Wildman–Crippen LogP) is 21.8. The van der Waals surface area contributed by atoms with Crippen LogP contribution in [0.4, 0.5) is 0 Å². The zero-order valence-electron chi connectivity index (χ0n) is 48.7. The number of esters is 3. The van der Waals surface area contributed by atoms with Gasteiger partial charge in [-0.1, -0.05) is 295 Å². The topological polar surface area (TPSA) is 78.9 Å². The van der Waals surface area contributed by atoms with E-state index in [0.717, 1.165) is 57.8 Å². The van der Waals surface area contributed by atoms with Gasteiger partial charge in [-0.2, -0.15) is 0 Å². The Labute approximate surface area is 449 Å². The Morgan fingerprint density at radius 2 is 0.458 bits per heavy atom. The van der Waals surface area contributed by atoms with Crippen molar-refractivity contribution in [2.24, 2.45) is 0 Å². The molecule has 72 heavy (non-hydrogen) atoms. The van der Waals surface area contributed by atoms with Gasteiger partial charge in [-0.15, -0.1) is 0 Å². The molecule has 0 aliphatic rings. The molecule has 0 rings (SSSR count). The van der Waals surface area contributed by atoms with Crippen LogP contribution in [0.2, 0.25) is 0 Å². The van der Waals surface area contributed by atoms with E-state index in [9.17, 15) is 14.4 Å². The second kappa shape index (κ2) is 61.4. The van der Waals surface area contributed by atoms with E-state index < -0.39 is 6.10 Å². The Bertz CT molecular complexity index is 1160. The van der Waals surface area contributed by atoms with Gasteiger partial charge in [-0.05, 0) is 70.6 Å². The summed E-state index contributed by atoms with van der Waals surface area (Å²) in [7, 11) is 0. The minimum Gasteiger partial charge on any atom is -0.462 e. The molecular weight excluding hydrogens is 889 g/mol. The molecule has 1 unspecified atom stereocenters. The molecule has 0 saturated heterocycles. The number of hydrogen-bond donors (Lipinski definition) is 0. The summed E-state index contributed by atoms with van der Waals surface area (Å²) in [6.45, 7) is 6.70. The van der Waals surface area contributed by atoms with E-state index in [1.54, 1.807) is 0 Å². The molecule has 0 amide bonds. The van der Waals surface area contributed by atoms with Crippen LogP contribution in [0.5, 0.6) is 0 Å². The molecule has 0 aliphatic carbocycles. The molecule has 1 atom stereocenters. The van der Waals surface area contributed by atoms with Crippen LogP contribution in [0.3, 0.4) is 0 Å². The standard InChI is InChI=1S/C66H124O6/c1-4-7-10-13-16-19-22-25-28-30-32-33-35-36-38-41-44-47-50-53-56-59-65(68)71-62-63(61-70-64(67)58-55-52-49-46-43-40-27-24-21-18-15-12-9-6-3)72-66(69)60-57-54-51-48-45-42-39-37-34-31-29-26-23-20-17-14-11-8-5-2/h26,29-30,32,63H,4-25,27-28,31,33-62H2,1-3H3/b29-26-,32-30-. The third-order valence-corrected chi connectivity index (χ3v) is 14.7. The fraction of sp³-hybridized carbons (Fsp3) is 0.894. The van der Waals surface area contributed by atoms with Gasteiger partial charge in [0.15, 0.2) is 6.10 Å². The summed E-state index contributed by atoms with van der Waals surface area (Å²) in [5, 5.41) is 0. The number of ether oxygens (including phenoxy) is 3. The highest BCUT2D eigenvalue weighted by Gasteiger charge is 2.19. The fourth-order valence-corrected chi connectivity index (χ4v) is 9.79. The van der Waals surface area contributed by atoms with E-state index in [1.807, 2.05) is 0 Å². The Morgan fingerprint density at radius 3 is 0.694 bits per heavy atom. The highest BCUT2D eigenvalue weighted by atomic mass is 16.6. The van der Waals surface area contributed by atoms with Crippen molar-refractivity contribution in [1.82, 2.24) is 0 Å². The third-order valence-electron chi connectivity index (χ3n) is 14.7. The predicted molar refractivity (Wildman–Crippen MR) is 312 cm³/mol. The molecule has 0 aromatic rings. The molecular formula is C66H124O6. The Balaban J connectivity index is 4.30. The molecule has 6 nitrogen and oxygen atoms in total. The van der Waals surface area contributed by atoms with Crippen molar-refractivity contribution in [2.45, 2.75) is 367 Å². The van der Waals surface area contributed by atoms with E-state index in [1.165, 1.54) is 263 Å². The van der Waals surface area contributed by atoms with Gasteiger partial charge >= 0.3 is 17.9 Å². The largest absolute Gasteiger partial charge is 0.462 e. The van der Waals surface area contributed by atoms with E-state index >= 15 is 0 Å². The molecule has 6 heteroatoms. The first-order valence-corrected chi connectivity index (χ1v) is 32.3. The molecule has 0 heterocycles. The van der Waals surface area contributed by atoms with Crippen molar-refractivity contribution in [3.05, 3.63) is 24.3 Å². The van der Waals surface area contributed by atoms with Gasteiger partial charge in [0, 0.05) is 19.3 Å². The van der Waals surface area contributed by atoms with Gasteiger partial charge < -0.3 is 14.2 Å². The Hall–Kier alpha value is -2.11. The number of unbranched alkanes of at least 4 members (excludes halogenated alkanes) is 45. The number of hydrogen-bond acceptors (Lipinski definition) is 6. The molecule has 0 aromatic carbocycles. The quantitative estimate of drug-likeness (QED) is 0.0261. The molecule has 0 bridgehead atoms. The van der Waals surface area contributed by atoms with Crippen LogP contribution in [0.25, 0.3) is 0 Å². The minimum absolute atomic E-state index is 0.0675. The summed E-state index contributed by atoms with van der Waals surface area (Å²) in [5.41, 5.74) is 0. The Kier molecular flexibility index (Phi) is 59.6. The summed E-state index contributed by atoms with van der Waals surface area (Å²) in [5.74, 6) is -0.845. The average molecular weight is 1010 g/mol. The SMILES string of the molecule is CCCCCCCC/C=C\CCCCCCCCCCCC(=O)OC(COC(=O)CCCCCCCCCCC/C=C\CCCCCCCCCC)COC(=O)CCCCCCCCCCCCCCCC. The van der Waals surface area contributed by atoms with Crippen LogP contribution in [-0.2, 0) is 28.6 Å². The molecule has 0 N–H and O–H groups in total. The van der Waals surface area contributed by atoms with Crippen molar-refractivity contribution < 1.29 is 28.6 Å².